The number of nitrogens with zero attached hydrogens (tertiary/aromatic N) is 2. The molecule has 0 saturated heterocycles. The van der Waals surface area contributed by atoms with Crippen LogP contribution in [0.2, 0.25) is 0 Å². The van der Waals surface area contributed by atoms with Crippen molar-refractivity contribution in [3.05, 3.63) is 64.3 Å². The smallest absolute Gasteiger partial charge is 0.406 e. The van der Waals surface area contributed by atoms with E-state index in [4.69, 9.17) is 4.42 Å². The molecule has 1 aliphatic carbocycles. The topological polar surface area (TPSA) is 65.1 Å². The van der Waals surface area contributed by atoms with Crippen molar-refractivity contribution in [2.75, 3.05) is 0 Å². The first-order chi connectivity index (χ1) is 10.7. The molecule has 4 rings (SSSR count). The van der Waals surface area contributed by atoms with Gasteiger partial charge in [0.25, 0.3) is 0 Å². The van der Waals surface area contributed by atoms with Gasteiger partial charge in [0, 0.05) is 12.6 Å². The summed E-state index contributed by atoms with van der Waals surface area (Å²) in [7, 11) is 0. The molecule has 2 aromatic heterocycles. The zero-order valence-electron chi connectivity index (χ0n) is 11.9. The van der Waals surface area contributed by atoms with Crippen molar-refractivity contribution in [2.24, 2.45) is 0 Å². The first-order valence-electron chi connectivity index (χ1n) is 7.31. The first kappa shape index (κ1) is 13.0. The van der Waals surface area contributed by atoms with Gasteiger partial charge in [0.05, 0.1) is 0 Å². The van der Waals surface area contributed by atoms with E-state index in [0.29, 0.717) is 17.7 Å². The van der Waals surface area contributed by atoms with Gasteiger partial charge >= 0.3 is 5.76 Å². The highest BCUT2D eigenvalue weighted by atomic mass is 16.4. The fourth-order valence-corrected chi connectivity index (χ4v) is 3.24. The highest BCUT2D eigenvalue weighted by Gasteiger charge is 2.26. The summed E-state index contributed by atoms with van der Waals surface area (Å²) in [5.74, 6) is -0.765. The maximum Gasteiger partial charge on any atom is 0.428 e. The van der Waals surface area contributed by atoms with Crippen LogP contribution in [-0.2, 0) is 6.42 Å². The number of aromatic nitrogens is 2. The standard InChI is InChI=1S/C17H14N2O3/c20-15(10-12-8-7-11-4-1-2-5-13(11)12)19-16-14(22-17(19)21)6-3-9-18-16/h1-6,9,12H,7-8,10H2/t12-/m0/s1. The third kappa shape index (κ3) is 1.97. The van der Waals surface area contributed by atoms with Gasteiger partial charge in [0.2, 0.25) is 5.91 Å². The molecule has 0 unspecified atom stereocenters. The van der Waals surface area contributed by atoms with E-state index in [2.05, 4.69) is 17.1 Å². The zero-order chi connectivity index (χ0) is 15.1. The lowest BCUT2D eigenvalue weighted by Crippen LogP contribution is -2.24. The minimum absolute atomic E-state index is 0.157. The number of benzene rings is 1. The monoisotopic (exact) mass is 294 g/mol. The lowest BCUT2D eigenvalue weighted by atomic mass is 9.97. The van der Waals surface area contributed by atoms with Crippen LogP contribution in [0.4, 0.5) is 0 Å². The van der Waals surface area contributed by atoms with E-state index in [1.165, 1.54) is 11.1 Å². The number of pyridine rings is 1. The Hall–Kier alpha value is -2.69. The fraction of sp³-hybridized carbons (Fsp3) is 0.235. The Balaban J connectivity index is 1.68. The van der Waals surface area contributed by atoms with Crippen LogP contribution in [0.5, 0.6) is 0 Å². The van der Waals surface area contributed by atoms with E-state index >= 15 is 0 Å². The molecule has 2 heterocycles. The minimum Gasteiger partial charge on any atom is -0.406 e. The quantitative estimate of drug-likeness (QED) is 0.729. The number of aryl methyl sites for hydroxylation is 1. The maximum atomic E-state index is 12.6. The van der Waals surface area contributed by atoms with Gasteiger partial charge in [-0.05, 0) is 42.0 Å². The van der Waals surface area contributed by atoms with E-state index in [0.717, 1.165) is 17.4 Å². The number of carbonyl (C=O) groups excluding carboxylic acids is 1. The van der Waals surface area contributed by atoms with Crippen molar-refractivity contribution in [1.82, 2.24) is 9.55 Å². The van der Waals surface area contributed by atoms with E-state index in [1.54, 1.807) is 18.3 Å². The molecule has 5 heteroatoms. The van der Waals surface area contributed by atoms with Crippen LogP contribution in [0.15, 0.2) is 51.8 Å². The summed E-state index contributed by atoms with van der Waals surface area (Å²) in [4.78, 5) is 28.6. The van der Waals surface area contributed by atoms with Crippen molar-refractivity contribution in [3.8, 4) is 0 Å². The molecule has 0 fully saturated rings. The Morgan fingerprint density at radius 2 is 2.14 bits per heavy atom. The fourth-order valence-electron chi connectivity index (χ4n) is 3.24. The van der Waals surface area contributed by atoms with Crippen LogP contribution >= 0.6 is 0 Å². The van der Waals surface area contributed by atoms with Crippen LogP contribution in [0, 0.1) is 0 Å². The zero-order valence-corrected chi connectivity index (χ0v) is 11.9. The van der Waals surface area contributed by atoms with Gasteiger partial charge in [-0.25, -0.2) is 9.78 Å². The van der Waals surface area contributed by atoms with E-state index < -0.39 is 5.76 Å². The molecule has 0 saturated carbocycles. The summed E-state index contributed by atoms with van der Waals surface area (Å²) in [6.45, 7) is 0. The molecule has 0 bridgehead atoms. The summed E-state index contributed by atoms with van der Waals surface area (Å²) in [6.07, 6.45) is 3.75. The van der Waals surface area contributed by atoms with Gasteiger partial charge in [-0.2, -0.15) is 4.57 Å². The summed E-state index contributed by atoms with van der Waals surface area (Å²) in [6, 6.07) is 11.5. The lowest BCUT2D eigenvalue weighted by Gasteiger charge is -2.10. The van der Waals surface area contributed by atoms with E-state index in [1.807, 2.05) is 12.1 Å². The molecule has 1 aromatic carbocycles. The Bertz CT molecular complexity index is 923. The van der Waals surface area contributed by atoms with Gasteiger partial charge in [-0.1, -0.05) is 24.3 Å². The van der Waals surface area contributed by atoms with Gasteiger partial charge in [-0.3, -0.25) is 4.79 Å². The highest BCUT2D eigenvalue weighted by Crippen LogP contribution is 2.35. The average molecular weight is 294 g/mol. The number of fused-ring (bicyclic) bond motifs is 2. The number of hydrogen-bond acceptors (Lipinski definition) is 4. The minimum atomic E-state index is -0.662. The Morgan fingerprint density at radius 1 is 1.27 bits per heavy atom. The maximum absolute atomic E-state index is 12.6. The number of hydrogen-bond donors (Lipinski definition) is 0. The third-order valence-electron chi connectivity index (χ3n) is 4.27. The Kier molecular flexibility index (Phi) is 2.92. The van der Waals surface area contributed by atoms with Gasteiger partial charge in [-0.15, -0.1) is 0 Å². The molecule has 1 aliphatic rings. The van der Waals surface area contributed by atoms with Crippen LogP contribution in [0.1, 0.15) is 34.7 Å². The molecule has 0 spiro atoms. The predicted molar refractivity (Wildman–Crippen MR) is 81.0 cm³/mol. The first-order valence-corrected chi connectivity index (χ1v) is 7.31. The molecule has 0 aliphatic heterocycles. The summed E-state index contributed by atoms with van der Waals surface area (Å²) in [5, 5.41) is 0. The highest BCUT2D eigenvalue weighted by molar-refractivity contribution is 5.87. The van der Waals surface area contributed by atoms with Gasteiger partial charge < -0.3 is 4.42 Å². The van der Waals surface area contributed by atoms with Gasteiger partial charge in [0.15, 0.2) is 11.2 Å². The normalized spacial score (nSPS) is 16.8. The molecule has 1 atom stereocenters. The molecule has 5 nitrogen and oxygen atoms in total. The van der Waals surface area contributed by atoms with Crippen molar-refractivity contribution in [3.63, 3.8) is 0 Å². The second-order valence-electron chi connectivity index (χ2n) is 5.56. The molecule has 0 N–H and O–H groups in total. The number of rotatable bonds is 2. The van der Waals surface area contributed by atoms with Crippen molar-refractivity contribution < 1.29 is 9.21 Å². The van der Waals surface area contributed by atoms with Crippen LogP contribution in [-0.4, -0.2) is 15.5 Å². The van der Waals surface area contributed by atoms with Crippen molar-refractivity contribution >= 4 is 17.1 Å². The molecular formula is C17H14N2O3. The summed E-state index contributed by atoms with van der Waals surface area (Å²) < 4.78 is 6.13. The molecule has 0 amide bonds. The third-order valence-corrected chi connectivity index (χ3v) is 4.27. The SMILES string of the molecule is O=C(C[C@@H]1CCc2ccccc21)n1c(=O)oc2cccnc21. The average Bonchev–Trinajstić information content (AvgIpc) is 3.07. The Labute approximate surface area is 126 Å². The predicted octanol–water partition coefficient (Wildman–Crippen LogP) is 2.75. The summed E-state index contributed by atoms with van der Waals surface area (Å²) in [5.41, 5.74) is 3.14. The van der Waals surface area contributed by atoms with E-state index in [9.17, 15) is 9.59 Å². The molecule has 110 valence electrons. The van der Waals surface area contributed by atoms with Gasteiger partial charge in [0.1, 0.15) is 0 Å². The van der Waals surface area contributed by atoms with E-state index in [-0.39, 0.29) is 11.8 Å². The van der Waals surface area contributed by atoms with Crippen LogP contribution in [0.3, 0.4) is 0 Å². The largest absolute Gasteiger partial charge is 0.428 e. The van der Waals surface area contributed by atoms with Crippen molar-refractivity contribution in [2.45, 2.75) is 25.2 Å². The van der Waals surface area contributed by atoms with Crippen LogP contribution < -0.4 is 5.76 Å². The lowest BCUT2D eigenvalue weighted by molar-refractivity contribution is 0.0889. The number of oxazole rings is 1. The van der Waals surface area contributed by atoms with Crippen LogP contribution in [0.25, 0.3) is 11.2 Å². The summed E-state index contributed by atoms with van der Waals surface area (Å²) >= 11 is 0. The Morgan fingerprint density at radius 3 is 3.05 bits per heavy atom. The molecule has 0 radical (unpaired) electrons. The number of carbonyl (C=O) groups is 1. The molecule has 22 heavy (non-hydrogen) atoms. The second kappa shape index (κ2) is 4.94. The van der Waals surface area contributed by atoms with Crippen molar-refractivity contribution in [1.29, 1.82) is 0 Å². The molecular weight excluding hydrogens is 280 g/mol. The molecule has 3 aromatic rings. The second-order valence-corrected chi connectivity index (χ2v) is 5.56.